The Hall–Kier alpha value is -2.92. The smallest absolute Gasteiger partial charge is 0.320 e. The summed E-state index contributed by atoms with van der Waals surface area (Å²) in [7, 11) is 0. The molecule has 0 radical (unpaired) electrons. The number of anilines is 1. The molecular formula is C17H18FN5O2. The van der Waals surface area contributed by atoms with E-state index in [1.54, 1.807) is 6.07 Å². The lowest BCUT2D eigenvalue weighted by molar-refractivity contribution is -0.00673. The Balaban J connectivity index is 1.57. The lowest BCUT2D eigenvalue weighted by Gasteiger charge is -2.35. The first kappa shape index (κ1) is 16.9. The molecule has 3 rings (SSSR count). The van der Waals surface area contributed by atoms with Crippen LogP contribution < -0.4 is 10.6 Å². The fourth-order valence-electron chi connectivity index (χ4n) is 2.68. The molecule has 8 heteroatoms. The normalized spacial score (nSPS) is 18.9. The summed E-state index contributed by atoms with van der Waals surface area (Å²) in [6.45, 7) is 2.62. The largest absolute Gasteiger partial charge is 0.378 e. The number of carbonyl (C=O) groups excluding carboxylic acids is 1. The van der Waals surface area contributed by atoms with Crippen LogP contribution in [0.4, 0.5) is 15.0 Å². The van der Waals surface area contributed by atoms with Crippen LogP contribution in [-0.2, 0) is 4.74 Å². The number of nitrogens with one attached hydrogen (secondary N) is 2. The summed E-state index contributed by atoms with van der Waals surface area (Å²) in [5.41, 5.74) is 0.433. The third kappa shape index (κ3) is 3.95. The molecule has 130 valence electrons. The molecule has 7 nitrogen and oxygen atoms in total. The number of hydrogen-bond acceptors (Lipinski definition) is 4. The Labute approximate surface area is 144 Å². The van der Waals surface area contributed by atoms with Gasteiger partial charge in [-0.2, -0.15) is 5.26 Å². The highest BCUT2D eigenvalue weighted by Crippen LogP contribution is 2.23. The molecule has 0 spiro atoms. The van der Waals surface area contributed by atoms with Crippen LogP contribution in [0.25, 0.3) is 5.69 Å². The molecule has 0 bridgehead atoms. The minimum Gasteiger partial charge on any atom is -0.378 e. The van der Waals surface area contributed by atoms with Gasteiger partial charge in [-0.3, -0.25) is 5.32 Å². The first-order chi connectivity index (χ1) is 12.1. The zero-order valence-corrected chi connectivity index (χ0v) is 13.7. The molecule has 1 aromatic carbocycles. The third-order valence-electron chi connectivity index (χ3n) is 3.99. The van der Waals surface area contributed by atoms with E-state index in [1.807, 2.05) is 13.0 Å². The second-order valence-electron chi connectivity index (χ2n) is 5.77. The number of benzene rings is 1. The van der Waals surface area contributed by atoms with Crippen LogP contribution in [-0.4, -0.2) is 34.6 Å². The van der Waals surface area contributed by atoms with E-state index in [0.717, 1.165) is 18.9 Å². The molecule has 0 aliphatic heterocycles. The average Bonchev–Trinajstić information content (AvgIpc) is 3.00. The summed E-state index contributed by atoms with van der Waals surface area (Å²) < 4.78 is 20.7. The van der Waals surface area contributed by atoms with Crippen LogP contribution in [0.5, 0.6) is 0 Å². The molecule has 0 unspecified atom stereocenters. The highest BCUT2D eigenvalue weighted by atomic mass is 19.1. The van der Waals surface area contributed by atoms with Gasteiger partial charge >= 0.3 is 6.03 Å². The summed E-state index contributed by atoms with van der Waals surface area (Å²) in [6.07, 6.45) is 3.35. The Morgan fingerprint density at radius 3 is 2.96 bits per heavy atom. The fraction of sp³-hybridized carbons (Fsp3) is 0.353. The lowest BCUT2D eigenvalue weighted by Crippen LogP contribution is -2.49. The molecule has 0 atom stereocenters. The van der Waals surface area contributed by atoms with Crippen molar-refractivity contribution < 1.29 is 13.9 Å². The summed E-state index contributed by atoms with van der Waals surface area (Å²) in [4.78, 5) is 12.0. The maximum Gasteiger partial charge on any atom is 0.320 e. The second-order valence-corrected chi connectivity index (χ2v) is 5.77. The van der Waals surface area contributed by atoms with Gasteiger partial charge in [0.05, 0.1) is 17.7 Å². The van der Waals surface area contributed by atoms with E-state index in [4.69, 9.17) is 10.00 Å². The molecule has 1 heterocycles. The minimum atomic E-state index is -0.561. The van der Waals surface area contributed by atoms with Crippen LogP contribution in [0.15, 0.2) is 30.5 Å². The van der Waals surface area contributed by atoms with Crippen molar-refractivity contribution in [1.82, 2.24) is 15.1 Å². The van der Waals surface area contributed by atoms with Crippen LogP contribution in [0.2, 0.25) is 0 Å². The fourth-order valence-corrected chi connectivity index (χ4v) is 2.68. The molecule has 0 saturated heterocycles. The minimum absolute atomic E-state index is 0.0922. The maximum absolute atomic E-state index is 14.0. The number of rotatable bonds is 5. The van der Waals surface area contributed by atoms with Crippen LogP contribution in [0.1, 0.15) is 25.3 Å². The Kier molecular flexibility index (Phi) is 4.95. The third-order valence-corrected chi connectivity index (χ3v) is 3.99. The number of amides is 2. The summed E-state index contributed by atoms with van der Waals surface area (Å²) in [6, 6.07) is 7.29. The van der Waals surface area contributed by atoms with Crippen molar-refractivity contribution in [2.75, 3.05) is 11.9 Å². The summed E-state index contributed by atoms with van der Waals surface area (Å²) in [5, 5.41) is 18.4. The van der Waals surface area contributed by atoms with Crippen molar-refractivity contribution in [3.63, 3.8) is 0 Å². The SMILES string of the molecule is CCOC1CC(NC(=O)Nc2ccn(-c3ccc(C#N)cc3F)n2)C1. The number of aromatic nitrogens is 2. The molecule has 1 aromatic heterocycles. The van der Waals surface area contributed by atoms with Gasteiger partial charge in [-0.25, -0.2) is 13.9 Å². The lowest BCUT2D eigenvalue weighted by atomic mass is 9.89. The Morgan fingerprint density at radius 1 is 1.48 bits per heavy atom. The number of carbonyl (C=O) groups is 1. The highest BCUT2D eigenvalue weighted by Gasteiger charge is 2.30. The van der Waals surface area contributed by atoms with E-state index in [0.29, 0.717) is 12.4 Å². The molecule has 1 aliphatic carbocycles. The topological polar surface area (TPSA) is 92.0 Å². The van der Waals surface area contributed by atoms with E-state index in [9.17, 15) is 9.18 Å². The molecular weight excluding hydrogens is 325 g/mol. The van der Waals surface area contributed by atoms with Gasteiger partial charge < -0.3 is 10.1 Å². The number of nitrogens with zero attached hydrogens (tertiary/aromatic N) is 3. The van der Waals surface area contributed by atoms with Gasteiger partial charge in [-0.05, 0) is 38.0 Å². The van der Waals surface area contributed by atoms with Crippen molar-refractivity contribution in [1.29, 1.82) is 5.26 Å². The van der Waals surface area contributed by atoms with Gasteiger partial charge in [0.25, 0.3) is 0 Å². The van der Waals surface area contributed by atoms with Gasteiger partial charge in [-0.15, -0.1) is 5.10 Å². The van der Waals surface area contributed by atoms with Crippen molar-refractivity contribution in [2.24, 2.45) is 0 Å². The van der Waals surface area contributed by atoms with Gasteiger partial charge in [0.15, 0.2) is 5.82 Å². The molecule has 2 amide bonds. The number of halogens is 1. The quantitative estimate of drug-likeness (QED) is 0.873. The Morgan fingerprint density at radius 2 is 2.28 bits per heavy atom. The van der Waals surface area contributed by atoms with E-state index in [2.05, 4.69) is 15.7 Å². The maximum atomic E-state index is 14.0. The molecule has 1 fully saturated rings. The summed E-state index contributed by atoms with van der Waals surface area (Å²) >= 11 is 0. The zero-order valence-electron chi connectivity index (χ0n) is 13.7. The first-order valence-corrected chi connectivity index (χ1v) is 8.04. The molecule has 1 saturated carbocycles. The van der Waals surface area contributed by atoms with E-state index < -0.39 is 5.82 Å². The summed E-state index contributed by atoms with van der Waals surface area (Å²) in [5.74, 6) is -0.253. The van der Waals surface area contributed by atoms with E-state index in [1.165, 1.54) is 23.0 Å². The number of ether oxygens (including phenoxy) is 1. The zero-order chi connectivity index (χ0) is 17.8. The predicted octanol–water partition coefficient (Wildman–Crippen LogP) is 2.57. The van der Waals surface area contributed by atoms with Crippen molar-refractivity contribution >= 4 is 11.8 Å². The molecule has 2 aromatic rings. The predicted molar refractivity (Wildman–Crippen MR) is 88.8 cm³/mol. The van der Waals surface area contributed by atoms with Crippen molar-refractivity contribution in [2.45, 2.75) is 31.9 Å². The first-order valence-electron chi connectivity index (χ1n) is 8.04. The van der Waals surface area contributed by atoms with Crippen LogP contribution in [0.3, 0.4) is 0 Å². The average molecular weight is 343 g/mol. The van der Waals surface area contributed by atoms with Crippen molar-refractivity contribution in [3.05, 3.63) is 41.8 Å². The van der Waals surface area contributed by atoms with Gasteiger partial charge in [0.2, 0.25) is 0 Å². The van der Waals surface area contributed by atoms with Crippen LogP contribution in [0, 0.1) is 17.1 Å². The van der Waals surface area contributed by atoms with E-state index >= 15 is 0 Å². The van der Waals surface area contributed by atoms with Gasteiger partial charge in [0.1, 0.15) is 11.5 Å². The monoisotopic (exact) mass is 343 g/mol. The highest BCUT2D eigenvalue weighted by molar-refractivity contribution is 5.88. The molecule has 25 heavy (non-hydrogen) atoms. The molecule has 2 N–H and O–H groups in total. The van der Waals surface area contributed by atoms with Gasteiger partial charge in [0, 0.05) is 24.9 Å². The number of hydrogen-bond donors (Lipinski definition) is 2. The second kappa shape index (κ2) is 7.32. The molecule has 1 aliphatic rings. The van der Waals surface area contributed by atoms with Gasteiger partial charge in [-0.1, -0.05) is 0 Å². The number of nitriles is 1. The van der Waals surface area contributed by atoms with E-state index in [-0.39, 0.29) is 29.4 Å². The van der Waals surface area contributed by atoms with Crippen molar-refractivity contribution in [3.8, 4) is 11.8 Å². The standard InChI is InChI=1S/C17H18FN5O2/c1-2-25-13-8-12(9-13)20-17(24)21-16-5-6-23(22-16)15-4-3-11(10-19)7-14(15)18/h3-7,12-13H,2,8-9H2,1H3,(H2,20,21,22,24). The van der Waals surface area contributed by atoms with Crippen LogP contribution >= 0.6 is 0 Å². The number of urea groups is 1. The Bertz CT molecular complexity index is 808.